The highest BCUT2D eigenvalue weighted by Crippen LogP contribution is 2.34. The summed E-state index contributed by atoms with van der Waals surface area (Å²) in [7, 11) is -1.53. The Kier molecular flexibility index (Phi) is 7.76. The van der Waals surface area contributed by atoms with Crippen LogP contribution in [0.25, 0.3) is 0 Å². The Morgan fingerprint density at radius 3 is 2.43 bits per heavy atom. The van der Waals surface area contributed by atoms with Crippen LogP contribution in [0.3, 0.4) is 0 Å². The smallest absolute Gasteiger partial charge is 0.293 e. The zero-order chi connectivity index (χ0) is 17.5. The second-order valence-corrected chi connectivity index (χ2v) is 8.85. The Balaban J connectivity index is 2.73. The van der Waals surface area contributed by atoms with Gasteiger partial charge in [-0.25, -0.2) is 8.42 Å². The third-order valence-corrected chi connectivity index (χ3v) is 6.61. The van der Waals surface area contributed by atoms with Crippen LogP contribution in [0.5, 0.6) is 0 Å². The first-order valence-electron chi connectivity index (χ1n) is 7.46. The molecule has 23 heavy (non-hydrogen) atoms. The maximum atomic E-state index is 13.0. The van der Waals surface area contributed by atoms with Crippen molar-refractivity contribution >= 4 is 19.4 Å². The van der Waals surface area contributed by atoms with E-state index in [-0.39, 0.29) is 0 Å². The van der Waals surface area contributed by atoms with Crippen molar-refractivity contribution in [2.24, 2.45) is 0 Å². The fourth-order valence-electron chi connectivity index (χ4n) is 2.17. The zero-order valence-electron chi connectivity index (χ0n) is 13.4. The predicted molar refractivity (Wildman–Crippen MR) is 86.4 cm³/mol. The van der Waals surface area contributed by atoms with Gasteiger partial charge in [-0.2, -0.15) is 13.2 Å². The van der Waals surface area contributed by atoms with E-state index in [9.17, 15) is 21.6 Å². The van der Waals surface area contributed by atoms with Crippen LogP contribution in [-0.2, 0) is 16.0 Å². The highest BCUT2D eigenvalue weighted by molar-refractivity contribution is 7.91. The standard InChI is InChI=1S/C15H22F3NO2SSi/c1-3-10-23-11-6-9-19(2)12-22(20,21)14-8-5-4-7-13(14)15(16,17)18/h4-5,7-8H,3,6,9-12H2,1-2H3. The molecule has 0 aliphatic heterocycles. The second kappa shape index (κ2) is 8.84. The maximum absolute atomic E-state index is 13.0. The van der Waals surface area contributed by atoms with Crippen molar-refractivity contribution in [2.45, 2.75) is 42.9 Å². The molecule has 0 amide bonds. The fraction of sp³-hybridized carbons (Fsp3) is 0.600. The molecule has 0 atom stereocenters. The van der Waals surface area contributed by atoms with Crippen LogP contribution < -0.4 is 0 Å². The fourth-order valence-corrected chi connectivity index (χ4v) is 4.84. The molecule has 0 fully saturated rings. The Bertz CT molecular complexity index is 591. The molecule has 0 aromatic heterocycles. The second-order valence-electron chi connectivity index (χ2n) is 5.42. The highest BCUT2D eigenvalue weighted by Gasteiger charge is 2.36. The lowest BCUT2D eigenvalue weighted by molar-refractivity contribution is -0.139. The van der Waals surface area contributed by atoms with E-state index in [4.69, 9.17) is 0 Å². The first kappa shape index (κ1) is 20.2. The average molecular weight is 365 g/mol. The summed E-state index contributed by atoms with van der Waals surface area (Å²) < 4.78 is 63.5. The van der Waals surface area contributed by atoms with Crippen molar-refractivity contribution in [3.63, 3.8) is 0 Å². The van der Waals surface area contributed by atoms with Crippen molar-refractivity contribution < 1.29 is 21.6 Å². The van der Waals surface area contributed by atoms with Gasteiger partial charge in [-0.05, 0) is 32.1 Å². The summed E-state index contributed by atoms with van der Waals surface area (Å²) in [6, 6.07) is 6.53. The monoisotopic (exact) mass is 365 g/mol. The molecule has 3 nitrogen and oxygen atoms in total. The van der Waals surface area contributed by atoms with E-state index < -0.39 is 32.3 Å². The minimum atomic E-state index is -4.68. The van der Waals surface area contributed by atoms with Gasteiger partial charge in [0.15, 0.2) is 9.84 Å². The normalized spacial score (nSPS) is 12.8. The van der Waals surface area contributed by atoms with Gasteiger partial charge in [-0.1, -0.05) is 37.6 Å². The van der Waals surface area contributed by atoms with E-state index in [1.54, 1.807) is 11.9 Å². The van der Waals surface area contributed by atoms with Crippen molar-refractivity contribution in [3.8, 4) is 0 Å². The van der Waals surface area contributed by atoms with Gasteiger partial charge in [-0.15, -0.1) is 0 Å². The zero-order valence-corrected chi connectivity index (χ0v) is 15.2. The van der Waals surface area contributed by atoms with E-state index in [1.165, 1.54) is 18.2 Å². The van der Waals surface area contributed by atoms with Crippen molar-refractivity contribution in [1.82, 2.24) is 4.90 Å². The largest absolute Gasteiger partial charge is 0.417 e. The molecule has 0 saturated carbocycles. The van der Waals surface area contributed by atoms with E-state index in [2.05, 4.69) is 6.92 Å². The summed E-state index contributed by atoms with van der Waals surface area (Å²) in [5, 5.41) is 0. The molecule has 0 unspecified atom stereocenters. The Hall–Kier alpha value is -0.863. The summed E-state index contributed by atoms with van der Waals surface area (Å²) in [6.07, 6.45) is -2.69. The van der Waals surface area contributed by atoms with Gasteiger partial charge < -0.3 is 0 Å². The van der Waals surface area contributed by atoms with Gasteiger partial charge in [0.2, 0.25) is 0 Å². The molecule has 8 heteroatoms. The van der Waals surface area contributed by atoms with Gasteiger partial charge in [0.05, 0.1) is 10.5 Å². The Morgan fingerprint density at radius 2 is 1.83 bits per heavy atom. The van der Waals surface area contributed by atoms with Crippen molar-refractivity contribution in [2.75, 3.05) is 19.5 Å². The molecule has 0 aliphatic carbocycles. The van der Waals surface area contributed by atoms with Crippen LogP contribution in [-0.4, -0.2) is 42.3 Å². The Labute approximate surface area is 138 Å². The predicted octanol–water partition coefficient (Wildman–Crippen LogP) is 3.71. The molecule has 0 spiro atoms. The lowest BCUT2D eigenvalue weighted by atomic mass is 10.2. The van der Waals surface area contributed by atoms with Crippen LogP contribution in [0.15, 0.2) is 29.2 Å². The molecule has 1 aromatic rings. The first-order chi connectivity index (χ1) is 10.7. The van der Waals surface area contributed by atoms with Gasteiger partial charge in [0, 0.05) is 9.52 Å². The SMILES string of the molecule is CCC[Si]CCCN(C)CS(=O)(=O)c1ccccc1C(F)(F)F. The van der Waals surface area contributed by atoms with Crippen LogP contribution in [0, 0.1) is 0 Å². The van der Waals surface area contributed by atoms with Gasteiger partial charge >= 0.3 is 6.18 Å². The molecule has 1 aromatic carbocycles. The number of alkyl halides is 3. The van der Waals surface area contributed by atoms with E-state index >= 15 is 0 Å². The number of sulfone groups is 1. The van der Waals surface area contributed by atoms with E-state index in [0.29, 0.717) is 6.54 Å². The molecule has 2 radical (unpaired) electrons. The minimum absolute atomic E-state index is 0.406. The molecular weight excluding hydrogens is 343 g/mol. The lowest BCUT2D eigenvalue weighted by Crippen LogP contribution is -2.28. The third-order valence-electron chi connectivity index (χ3n) is 3.24. The van der Waals surface area contributed by atoms with Crippen molar-refractivity contribution in [1.29, 1.82) is 0 Å². The van der Waals surface area contributed by atoms with Gasteiger partial charge in [-0.3, -0.25) is 4.90 Å². The molecule has 0 saturated heterocycles. The summed E-state index contributed by atoms with van der Waals surface area (Å²) in [6.45, 7) is 2.67. The third kappa shape index (κ3) is 6.64. The molecule has 130 valence electrons. The molecule has 0 N–H and O–H groups in total. The first-order valence-corrected chi connectivity index (χ1v) is 10.5. The van der Waals surface area contributed by atoms with Gasteiger partial charge in [0.25, 0.3) is 0 Å². The minimum Gasteiger partial charge on any atom is -0.293 e. The lowest BCUT2D eigenvalue weighted by Gasteiger charge is -2.18. The summed E-state index contributed by atoms with van der Waals surface area (Å²) in [4.78, 5) is 0.922. The number of hydrogen-bond acceptors (Lipinski definition) is 3. The van der Waals surface area contributed by atoms with E-state index in [0.717, 1.165) is 40.5 Å². The number of benzene rings is 1. The van der Waals surface area contributed by atoms with Crippen molar-refractivity contribution in [3.05, 3.63) is 29.8 Å². The van der Waals surface area contributed by atoms with Gasteiger partial charge in [0.1, 0.15) is 5.88 Å². The Morgan fingerprint density at radius 1 is 1.17 bits per heavy atom. The quantitative estimate of drug-likeness (QED) is 0.494. The number of halogens is 3. The molecule has 0 bridgehead atoms. The van der Waals surface area contributed by atoms with Crippen LogP contribution in [0.2, 0.25) is 12.1 Å². The maximum Gasteiger partial charge on any atom is 0.417 e. The summed E-state index contributed by atoms with van der Waals surface area (Å²) in [5.74, 6) is -0.406. The number of nitrogens with zero attached hydrogens (tertiary/aromatic N) is 1. The topological polar surface area (TPSA) is 37.4 Å². The molecular formula is C15H22F3NO2SSi. The highest BCUT2D eigenvalue weighted by atomic mass is 32.2. The number of rotatable bonds is 9. The number of hydrogen-bond donors (Lipinski definition) is 0. The van der Waals surface area contributed by atoms with Crippen LogP contribution in [0.4, 0.5) is 13.2 Å². The summed E-state index contributed by atoms with van der Waals surface area (Å²) >= 11 is 0. The molecule has 0 heterocycles. The molecule has 0 aliphatic rings. The van der Waals surface area contributed by atoms with Crippen LogP contribution in [0.1, 0.15) is 25.3 Å². The van der Waals surface area contributed by atoms with Crippen LogP contribution >= 0.6 is 0 Å². The van der Waals surface area contributed by atoms with E-state index in [1.807, 2.05) is 0 Å². The molecule has 1 rings (SSSR count). The average Bonchev–Trinajstić information content (AvgIpc) is 2.45. The summed E-state index contributed by atoms with van der Waals surface area (Å²) in [5.41, 5.74) is -1.10.